The van der Waals surface area contributed by atoms with E-state index in [1.807, 2.05) is 0 Å². The fourth-order valence-electron chi connectivity index (χ4n) is 4.07. The Hall–Kier alpha value is -3.33. The molecule has 0 saturated carbocycles. The molecule has 14 heteroatoms. The highest BCUT2D eigenvalue weighted by Crippen LogP contribution is 2.40. The van der Waals surface area contributed by atoms with Crippen LogP contribution in [0.2, 0.25) is 0 Å². The third-order valence-corrected chi connectivity index (χ3v) is 5.94. The van der Waals surface area contributed by atoms with Crippen LogP contribution in [0.1, 0.15) is 47.5 Å². The normalized spacial score (nSPS) is 15.3. The highest BCUT2D eigenvalue weighted by molar-refractivity contribution is 6.04. The lowest BCUT2D eigenvalue weighted by molar-refractivity contribution is -0.187. The third-order valence-electron chi connectivity index (χ3n) is 5.94. The molecule has 0 amide bonds. The van der Waals surface area contributed by atoms with Crippen LogP contribution in [0.3, 0.4) is 0 Å². The highest BCUT2D eigenvalue weighted by atomic mass is 19.3. The maximum atomic E-state index is 15.2. The summed E-state index contributed by atoms with van der Waals surface area (Å²) >= 11 is 0. The van der Waals surface area contributed by atoms with Crippen LogP contribution >= 0.6 is 0 Å². The molecule has 1 aromatic carbocycles. The van der Waals surface area contributed by atoms with Gasteiger partial charge in [0.05, 0.1) is 44.6 Å². The molecule has 1 fully saturated rings. The van der Waals surface area contributed by atoms with E-state index >= 15 is 4.39 Å². The molecule has 1 aromatic heterocycles. The molecule has 0 bridgehead atoms. The number of carbonyl (C=O) groups is 2. The lowest BCUT2D eigenvalue weighted by Crippen LogP contribution is -2.49. The molecule has 1 aliphatic heterocycles. The monoisotopic (exact) mass is 543 g/mol. The average Bonchev–Trinajstić information content (AvgIpc) is 3.43. The van der Waals surface area contributed by atoms with Crippen molar-refractivity contribution in [2.45, 2.75) is 37.7 Å². The summed E-state index contributed by atoms with van der Waals surface area (Å²) in [5.41, 5.74) is -4.03. The fourth-order valence-corrected chi connectivity index (χ4v) is 4.07. The summed E-state index contributed by atoms with van der Waals surface area (Å²) in [4.78, 5) is 34.5. The molecule has 1 aliphatic rings. The van der Waals surface area contributed by atoms with E-state index < -0.39 is 53.8 Å². The molecule has 1 atom stereocenters. The number of methoxy groups -OCH3 is 3. The topological polar surface area (TPSA) is 138 Å². The number of aliphatic hydroxyl groups is 1. The van der Waals surface area contributed by atoms with Crippen molar-refractivity contribution in [3.63, 3.8) is 0 Å². The van der Waals surface area contributed by atoms with Crippen molar-refractivity contribution in [1.29, 1.82) is 0 Å². The molecule has 0 spiro atoms. The number of hydrogen-bond donors (Lipinski definition) is 2. The molecule has 3 rings (SSSR count). The summed E-state index contributed by atoms with van der Waals surface area (Å²) in [5, 5.41) is 11.9. The number of benzene rings is 1. The lowest BCUT2D eigenvalue weighted by atomic mass is 9.93. The number of halogens is 3. The SMILES string of the molecule is COC(=O)C(OC)(C(=O)OC)c1nc(C)nc(N[C@H](C)c2cccc(C(F)(F)CO)c2F)c1C1OCCO1. The summed E-state index contributed by atoms with van der Waals surface area (Å²) in [6.45, 7) is 1.65. The lowest BCUT2D eigenvalue weighted by Gasteiger charge is -2.30. The van der Waals surface area contributed by atoms with Gasteiger partial charge in [0.15, 0.2) is 6.29 Å². The molecule has 2 N–H and O–H groups in total. The Morgan fingerprint density at radius 3 is 2.29 bits per heavy atom. The Kier molecular flexibility index (Phi) is 8.92. The van der Waals surface area contributed by atoms with E-state index in [9.17, 15) is 18.4 Å². The van der Waals surface area contributed by atoms with Crippen molar-refractivity contribution in [1.82, 2.24) is 9.97 Å². The zero-order chi connectivity index (χ0) is 28.3. The number of nitrogens with zero attached hydrogens (tertiary/aromatic N) is 2. The number of rotatable bonds is 10. The summed E-state index contributed by atoms with van der Waals surface area (Å²) in [6.07, 6.45) is -1.20. The second-order valence-electron chi connectivity index (χ2n) is 8.26. The van der Waals surface area contributed by atoms with Crippen LogP contribution in [-0.4, -0.2) is 68.2 Å². The first kappa shape index (κ1) is 29.2. The quantitative estimate of drug-likeness (QED) is 0.337. The van der Waals surface area contributed by atoms with Gasteiger partial charge in [-0.05, 0) is 19.9 Å². The Morgan fingerprint density at radius 1 is 1.16 bits per heavy atom. The van der Waals surface area contributed by atoms with Gasteiger partial charge in [-0.3, -0.25) is 0 Å². The Morgan fingerprint density at radius 2 is 1.76 bits per heavy atom. The van der Waals surface area contributed by atoms with Gasteiger partial charge in [0.2, 0.25) is 0 Å². The van der Waals surface area contributed by atoms with E-state index in [0.29, 0.717) is 0 Å². The first-order chi connectivity index (χ1) is 18.0. The van der Waals surface area contributed by atoms with E-state index in [1.54, 1.807) is 0 Å². The van der Waals surface area contributed by atoms with Crippen LogP contribution < -0.4 is 5.32 Å². The minimum absolute atomic E-state index is 0.0464. The van der Waals surface area contributed by atoms with Crippen molar-refractivity contribution in [3.05, 3.63) is 52.2 Å². The molecular formula is C24H28F3N3O8. The van der Waals surface area contributed by atoms with Gasteiger partial charge in [0, 0.05) is 12.7 Å². The smallest absolute Gasteiger partial charge is 0.356 e. The Labute approximate surface area is 216 Å². The van der Waals surface area contributed by atoms with Crippen molar-refractivity contribution >= 4 is 17.8 Å². The minimum atomic E-state index is -3.81. The number of carbonyl (C=O) groups excluding carboxylic acids is 2. The summed E-state index contributed by atoms with van der Waals surface area (Å²) in [6, 6.07) is 2.38. The summed E-state index contributed by atoms with van der Waals surface area (Å²) < 4.78 is 69.7. The van der Waals surface area contributed by atoms with Crippen molar-refractivity contribution in [3.8, 4) is 0 Å². The van der Waals surface area contributed by atoms with Crippen LogP contribution in [0.5, 0.6) is 0 Å². The minimum Gasteiger partial charge on any atom is -0.466 e. The Balaban J connectivity index is 2.22. The molecule has 208 valence electrons. The number of ether oxygens (including phenoxy) is 5. The van der Waals surface area contributed by atoms with E-state index in [1.165, 1.54) is 26.0 Å². The zero-order valence-electron chi connectivity index (χ0n) is 21.3. The van der Waals surface area contributed by atoms with Crippen LogP contribution in [0.4, 0.5) is 19.0 Å². The van der Waals surface area contributed by atoms with Gasteiger partial charge in [0.25, 0.3) is 5.92 Å². The summed E-state index contributed by atoms with van der Waals surface area (Å²) in [5.74, 6) is -7.37. The van der Waals surface area contributed by atoms with Gasteiger partial charge < -0.3 is 34.1 Å². The molecule has 1 saturated heterocycles. The van der Waals surface area contributed by atoms with Gasteiger partial charge in [-0.15, -0.1) is 0 Å². The average molecular weight is 543 g/mol. The maximum Gasteiger partial charge on any atom is 0.356 e. The number of aromatic nitrogens is 2. The molecule has 2 heterocycles. The van der Waals surface area contributed by atoms with Gasteiger partial charge in [0.1, 0.15) is 29.8 Å². The maximum absolute atomic E-state index is 15.2. The molecule has 0 radical (unpaired) electrons. The van der Waals surface area contributed by atoms with Gasteiger partial charge in [-0.25, -0.2) is 23.9 Å². The number of esters is 2. The molecule has 2 aromatic rings. The third kappa shape index (κ3) is 5.16. The van der Waals surface area contributed by atoms with Crippen LogP contribution in [-0.2, 0) is 44.8 Å². The first-order valence-electron chi connectivity index (χ1n) is 11.4. The number of anilines is 1. The standard InChI is InChI=1S/C24H28F3N3O8/c1-12(14-7-6-8-15(17(14)25)23(26,27)11-31)28-19-16(20-37-9-10-38-20)18(29-13(2)30-19)24(36-5,21(32)34-3)22(33)35-4/h6-8,12,20,31H,9-11H2,1-5H3,(H,28,29,30)/t12-/m1/s1. The summed E-state index contributed by atoms with van der Waals surface area (Å²) in [7, 11) is 3.15. The molecular weight excluding hydrogens is 515 g/mol. The number of alkyl halides is 2. The number of hydrogen-bond acceptors (Lipinski definition) is 11. The van der Waals surface area contributed by atoms with E-state index in [0.717, 1.165) is 27.4 Å². The molecule has 38 heavy (non-hydrogen) atoms. The molecule has 0 aliphatic carbocycles. The largest absolute Gasteiger partial charge is 0.466 e. The van der Waals surface area contributed by atoms with Gasteiger partial charge in [-0.2, -0.15) is 8.78 Å². The van der Waals surface area contributed by atoms with Crippen molar-refractivity contribution < 1.29 is 51.6 Å². The second kappa shape index (κ2) is 11.6. The first-order valence-corrected chi connectivity index (χ1v) is 11.4. The highest BCUT2D eigenvalue weighted by Gasteiger charge is 2.55. The second-order valence-corrected chi connectivity index (χ2v) is 8.26. The van der Waals surface area contributed by atoms with Gasteiger partial charge in [-0.1, -0.05) is 12.1 Å². The van der Waals surface area contributed by atoms with Gasteiger partial charge >= 0.3 is 17.5 Å². The predicted octanol–water partition coefficient (Wildman–Crippen LogP) is 2.41. The number of aliphatic hydroxyl groups excluding tert-OH is 1. The Bertz CT molecular complexity index is 1170. The van der Waals surface area contributed by atoms with E-state index in [4.69, 9.17) is 28.8 Å². The number of nitrogens with one attached hydrogen (secondary N) is 1. The van der Waals surface area contributed by atoms with Crippen molar-refractivity contribution in [2.24, 2.45) is 0 Å². The van der Waals surface area contributed by atoms with Crippen LogP contribution in [0, 0.1) is 12.7 Å². The zero-order valence-corrected chi connectivity index (χ0v) is 21.3. The van der Waals surface area contributed by atoms with E-state index in [2.05, 4.69) is 15.3 Å². The van der Waals surface area contributed by atoms with Crippen LogP contribution in [0.15, 0.2) is 18.2 Å². The van der Waals surface area contributed by atoms with E-state index in [-0.39, 0.29) is 41.7 Å². The van der Waals surface area contributed by atoms with Crippen molar-refractivity contribution in [2.75, 3.05) is 46.5 Å². The van der Waals surface area contributed by atoms with Crippen LogP contribution in [0.25, 0.3) is 0 Å². The predicted molar refractivity (Wildman–Crippen MR) is 124 cm³/mol. The number of aryl methyl sites for hydroxylation is 1. The molecule has 11 nitrogen and oxygen atoms in total. The fraction of sp³-hybridized carbons (Fsp3) is 0.500. The molecule has 0 unspecified atom stereocenters.